The van der Waals surface area contributed by atoms with Gasteiger partial charge in [-0.1, -0.05) is 41.9 Å². The molecule has 118 valence electrons. The van der Waals surface area contributed by atoms with Crippen LogP contribution in [0.25, 0.3) is 0 Å². The molecule has 22 heavy (non-hydrogen) atoms. The van der Waals surface area contributed by atoms with Crippen molar-refractivity contribution in [2.75, 3.05) is 13.2 Å². The smallest absolute Gasteiger partial charge is 0.244 e. The minimum atomic E-state index is -3.67. The summed E-state index contributed by atoms with van der Waals surface area (Å²) in [6.45, 7) is 2.49. The largest absolute Gasteiger partial charge is 0.492 e. The topological polar surface area (TPSA) is 55.4 Å². The van der Waals surface area contributed by atoms with Crippen LogP contribution in [0.3, 0.4) is 0 Å². The molecule has 0 aromatic heterocycles. The molecule has 0 aliphatic carbocycles. The Hall–Kier alpha value is -1.56. The van der Waals surface area contributed by atoms with Gasteiger partial charge >= 0.3 is 0 Å². The maximum absolute atomic E-state index is 12.4. The zero-order valence-corrected chi connectivity index (χ0v) is 13.8. The van der Waals surface area contributed by atoms with Gasteiger partial charge in [-0.15, -0.1) is 0 Å². The fourth-order valence-corrected chi connectivity index (χ4v) is 3.46. The van der Waals surface area contributed by atoms with Crippen molar-refractivity contribution in [3.8, 4) is 5.75 Å². The molecule has 2 aromatic carbocycles. The summed E-state index contributed by atoms with van der Waals surface area (Å²) in [5.74, 6) is 0.305. The highest BCUT2D eigenvalue weighted by molar-refractivity contribution is 7.89. The summed E-state index contributed by atoms with van der Waals surface area (Å²) in [6.07, 6.45) is 0.616. The van der Waals surface area contributed by atoms with E-state index in [1.54, 1.807) is 19.1 Å². The maximum atomic E-state index is 12.4. The van der Waals surface area contributed by atoms with E-state index in [0.717, 1.165) is 5.56 Å². The van der Waals surface area contributed by atoms with E-state index in [2.05, 4.69) is 4.72 Å². The molecule has 0 spiro atoms. The van der Waals surface area contributed by atoms with Crippen molar-refractivity contribution in [2.24, 2.45) is 0 Å². The summed E-state index contributed by atoms with van der Waals surface area (Å²) in [7, 11) is -3.67. The monoisotopic (exact) mass is 339 g/mol. The number of hydrogen-bond acceptors (Lipinski definition) is 3. The highest BCUT2D eigenvalue weighted by Gasteiger charge is 2.19. The molecule has 0 aliphatic heterocycles. The summed E-state index contributed by atoms with van der Waals surface area (Å²) in [6, 6.07) is 14.3. The first-order valence-electron chi connectivity index (χ1n) is 6.99. The SMILES string of the molecule is CCOc1ccc(Cl)cc1S(=O)(=O)NCCc1ccccc1. The number of sulfonamides is 1. The van der Waals surface area contributed by atoms with E-state index in [4.69, 9.17) is 16.3 Å². The molecule has 0 amide bonds. The second-order valence-corrected chi connectivity index (χ2v) is 6.83. The number of rotatable bonds is 7. The molecule has 2 rings (SSSR count). The normalized spacial score (nSPS) is 11.4. The summed E-state index contributed by atoms with van der Waals surface area (Å²) >= 11 is 5.91. The van der Waals surface area contributed by atoms with E-state index < -0.39 is 10.0 Å². The summed E-state index contributed by atoms with van der Waals surface area (Å²) in [5, 5.41) is 0.354. The second-order valence-electron chi connectivity index (χ2n) is 4.66. The van der Waals surface area contributed by atoms with Gasteiger partial charge in [0.1, 0.15) is 10.6 Å². The van der Waals surface area contributed by atoms with Gasteiger partial charge in [0.25, 0.3) is 0 Å². The zero-order chi connectivity index (χ0) is 16.0. The first kappa shape index (κ1) is 16.8. The average Bonchev–Trinajstić information content (AvgIpc) is 2.50. The third-order valence-electron chi connectivity index (χ3n) is 3.04. The van der Waals surface area contributed by atoms with Crippen LogP contribution >= 0.6 is 11.6 Å². The summed E-state index contributed by atoms with van der Waals surface area (Å²) in [4.78, 5) is 0.0647. The quantitative estimate of drug-likeness (QED) is 0.842. The zero-order valence-electron chi connectivity index (χ0n) is 12.3. The molecular formula is C16H18ClNO3S. The van der Waals surface area contributed by atoms with Crippen LogP contribution in [-0.2, 0) is 16.4 Å². The fourth-order valence-electron chi connectivity index (χ4n) is 2.02. The van der Waals surface area contributed by atoms with Crippen LogP contribution in [0.1, 0.15) is 12.5 Å². The molecule has 0 bridgehead atoms. The standard InChI is InChI=1S/C16H18ClNO3S/c1-2-21-15-9-8-14(17)12-16(15)22(19,20)18-11-10-13-6-4-3-5-7-13/h3-9,12,18H,2,10-11H2,1H3. The lowest BCUT2D eigenvalue weighted by Crippen LogP contribution is -2.26. The van der Waals surface area contributed by atoms with Crippen LogP contribution in [0.5, 0.6) is 5.75 Å². The van der Waals surface area contributed by atoms with E-state index >= 15 is 0 Å². The van der Waals surface area contributed by atoms with Gasteiger partial charge in [-0.25, -0.2) is 13.1 Å². The molecule has 0 saturated carbocycles. The number of halogens is 1. The van der Waals surface area contributed by atoms with Crippen LogP contribution in [0.2, 0.25) is 5.02 Å². The van der Waals surface area contributed by atoms with Crippen LogP contribution in [0.4, 0.5) is 0 Å². The number of ether oxygens (including phenoxy) is 1. The predicted octanol–water partition coefficient (Wildman–Crippen LogP) is 3.26. The van der Waals surface area contributed by atoms with Gasteiger partial charge < -0.3 is 4.74 Å². The predicted molar refractivity (Wildman–Crippen MR) is 88.0 cm³/mol. The Bertz CT molecular complexity index is 717. The third-order valence-corrected chi connectivity index (χ3v) is 4.76. The van der Waals surface area contributed by atoms with E-state index in [9.17, 15) is 8.42 Å². The van der Waals surface area contributed by atoms with Gasteiger partial charge in [-0.3, -0.25) is 0 Å². The molecule has 2 aromatic rings. The Morgan fingerprint density at radius 2 is 1.86 bits per heavy atom. The number of hydrogen-bond donors (Lipinski definition) is 1. The Kier molecular flexibility index (Phi) is 5.83. The molecular weight excluding hydrogens is 322 g/mol. The highest BCUT2D eigenvalue weighted by atomic mass is 35.5. The van der Waals surface area contributed by atoms with E-state index in [1.807, 2.05) is 30.3 Å². The first-order chi connectivity index (χ1) is 10.5. The molecule has 0 unspecified atom stereocenters. The maximum Gasteiger partial charge on any atom is 0.244 e. The summed E-state index contributed by atoms with van der Waals surface area (Å²) in [5.41, 5.74) is 1.07. The number of benzene rings is 2. The molecule has 1 N–H and O–H groups in total. The van der Waals surface area contributed by atoms with Crippen LogP contribution in [-0.4, -0.2) is 21.6 Å². The lowest BCUT2D eigenvalue weighted by molar-refractivity contribution is 0.331. The molecule has 0 aliphatic rings. The van der Waals surface area contributed by atoms with Gasteiger partial charge in [-0.2, -0.15) is 0 Å². The Morgan fingerprint density at radius 3 is 2.55 bits per heavy atom. The molecule has 0 heterocycles. The lowest BCUT2D eigenvalue weighted by Gasteiger charge is -2.12. The van der Waals surface area contributed by atoms with Crippen LogP contribution in [0, 0.1) is 0 Å². The minimum Gasteiger partial charge on any atom is -0.492 e. The second kappa shape index (κ2) is 7.63. The molecule has 4 nitrogen and oxygen atoms in total. The molecule has 0 radical (unpaired) electrons. The van der Waals surface area contributed by atoms with Crippen molar-refractivity contribution in [1.29, 1.82) is 0 Å². The van der Waals surface area contributed by atoms with Gasteiger partial charge in [0.05, 0.1) is 6.61 Å². The summed E-state index contributed by atoms with van der Waals surface area (Å²) < 4.78 is 32.8. The minimum absolute atomic E-state index is 0.0647. The Balaban J connectivity index is 2.11. The molecule has 0 fully saturated rings. The lowest BCUT2D eigenvalue weighted by atomic mass is 10.2. The van der Waals surface area contributed by atoms with Gasteiger partial charge in [-0.05, 0) is 37.1 Å². The van der Waals surface area contributed by atoms with Crippen molar-refractivity contribution in [2.45, 2.75) is 18.2 Å². The molecule has 0 atom stereocenters. The highest BCUT2D eigenvalue weighted by Crippen LogP contribution is 2.27. The van der Waals surface area contributed by atoms with Crippen molar-refractivity contribution in [3.05, 3.63) is 59.1 Å². The molecule has 6 heteroatoms. The van der Waals surface area contributed by atoms with Crippen molar-refractivity contribution < 1.29 is 13.2 Å². The van der Waals surface area contributed by atoms with Gasteiger partial charge in [0.15, 0.2) is 0 Å². The van der Waals surface area contributed by atoms with Crippen LogP contribution < -0.4 is 9.46 Å². The van der Waals surface area contributed by atoms with Gasteiger partial charge in [0, 0.05) is 11.6 Å². The van der Waals surface area contributed by atoms with Crippen LogP contribution in [0.15, 0.2) is 53.4 Å². The fraction of sp³-hybridized carbons (Fsp3) is 0.250. The third kappa shape index (κ3) is 4.47. The van der Waals surface area contributed by atoms with Gasteiger partial charge in [0.2, 0.25) is 10.0 Å². The molecule has 0 saturated heterocycles. The Morgan fingerprint density at radius 1 is 1.14 bits per heavy atom. The first-order valence-corrected chi connectivity index (χ1v) is 8.85. The number of nitrogens with one attached hydrogen (secondary N) is 1. The van der Waals surface area contributed by atoms with Crippen molar-refractivity contribution in [1.82, 2.24) is 4.72 Å². The van der Waals surface area contributed by atoms with Crippen molar-refractivity contribution in [3.63, 3.8) is 0 Å². The van der Waals surface area contributed by atoms with E-state index in [1.165, 1.54) is 6.07 Å². The van der Waals surface area contributed by atoms with E-state index in [-0.39, 0.29) is 4.90 Å². The van der Waals surface area contributed by atoms with Crippen molar-refractivity contribution >= 4 is 21.6 Å². The van der Waals surface area contributed by atoms with E-state index in [0.29, 0.717) is 30.3 Å². The Labute approximate surface area is 136 Å². The average molecular weight is 340 g/mol.